The molecule has 2 heterocycles. The van der Waals surface area contributed by atoms with E-state index in [0.717, 1.165) is 10.6 Å². The predicted octanol–water partition coefficient (Wildman–Crippen LogP) is 3.64. The van der Waals surface area contributed by atoms with E-state index in [1.165, 1.54) is 11.1 Å². The largest absolute Gasteiger partial charge is 0.396 e. The Kier molecular flexibility index (Phi) is 2.93. The molecule has 0 saturated carbocycles. The number of rotatable bonds is 2. The first-order valence-corrected chi connectivity index (χ1v) is 6.79. The molecular formula is C15H13N3S. The van der Waals surface area contributed by atoms with E-state index in [0.29, 0.717) is 11.5 Å². The van der Waals surface area contributed by atoms with Crippen molar-refractivity contribution < 1.29 is 0 Å². The highest BCUT2D eigenvalue weighted by atomic mass is 32.1. The lowest BCUT2D eigenvalue weighted by Gasteiger charge is -2.06. The monoisotopic (exact) mass is 267 g/mol. The van der Waals surface area contributed by atoms with E-state index in [1.807, 2.05) is 24.3 Å². The summed E-state index contributed by atoms with van der Waals surface area (Å²) in [7, 11) is 0. The van der Waals surface area contributed by atoms with Crippen molar-refractivity contribution >= 4 is 22.8 Å². The number of nitrogens with zero attached hydrogens (tertiary/aromatic N) is 1. The van der Waals surface area contributed by atoms with Gasteiger partial charge in [-0.15, -0.1) is 11.3 Å². The molecule has 0 radical (unpaired) electrons. The van der Waals surface area contributed by atoms with Crippen molar-refractivity contribution in [1.29, 1.82) is 0 Å². The molecule has 3 nitrogen and oxygen atoms in total. The number of pyridine rings is 1. The van der Waals surface area contributed by atoms with Gasteiger partial charge in [-0.05, 0) is 29.1 Å². The Hall–Kier alpha value is -2.33. The molecule has 2 aromatic heterocycles. The topological polar surface area (TPSA) is 64.9 Å². The second-order valence-electron chi connectivity index (χ2n) is 4.20. The van der Waals surface area contributed by atoms with Gasteiger partial charge in [0.1, 0.15) is 5.82 Å². The summed E-state index contributed by atoms with van der Waals surface area (Å²) in [5, 5.41) is 2.06. The van der Waals surface area contributed by atoms with E-state index >= 15 is 0 Å². The third-order valence-corrected chi connectivity index (χ3v) is 3.88. The quantitative estimate of drug-likeness (QED) is 0.745. The summed E-state index contributed by atoms with van der Waals surface area (Å²) >= 11 is 1.65. The fraction of sp³-hybridized carbons (Fsp3) is 0. The summed E-state index contributed by atoms with van der Waals surface area (Å²) in [6.07, 6.45) is 0. The Morgan fingerprint density at radius 2 is 1.68 bits per heavy atom. The van der Waals surface area contributed by atoms with Crippen molar-refractivity contribution in [2.24, 2.45) is 0 Å². The lowest BCUT2D eigenvalue weighted by atomic mass is 10.1. The van der Waals surface area contributed by atoms with Gasteiger partial charge < -0.3 is 11.5 Å². The van der Waals surface area contributed by atoms with E-state index in [9.17, 15) is 0 Å². The average Bonchev–Trinajstić information content (AvgIpc) is 2.92. The lowest BCUT2D eigenvalue weighted by Crippen LogP contribution is -1.98. The van der Waals surface area contributed by atoms with Crippen LogP contribution in [0.2, 0.25) is 0 Å². The number of hydrogen-bond donors (Lipinski definition) is 2. The lowest BCUT2D eigenvalue weighted by molar-refractivity contribution is 1.35. The number of anilines is 2. The first kappa shape index (κ1) is 11.7. The minimum absolute atomic E-state index is 0.380. The molecule has 0 aliphatic heterocycles. The minimum atomic E-state index is 0.380. The summed E-state index contributed by atoms with van der Waals surface area (Å²) in [5.74, 6) is 0.380. The van der Waals surface area contributed by atoms with Crippen molar-refractivity contribution in [3.05, 3.63) is 53.9 Å². The highest BCUT2D eigenvalue weighted by Crippen LogP contribution is 2.36. The minimum Gasteiger partial charge on any atom is -0.396 e. The first-order chi connectivity index (χ1) is 9.25. The van der Waals surface area contributed by atoms with Gasteiger partial charge in [0.25, 0.3) is 0 Å². The Morgan fingerprint density at radius 1 is 0.895 bits per heavy atom. The fourth-order valence-electron chi connectivity index (χ4n) is 1.96. The van der Waals surface area contributed by atoms with Crippen LogP contribution >= 0.6 is 11.3 Å². The van der Waals surface area contributed by atoms with Gasteiger partial charge in [0.05, 0.1) is 16.3 Å². The van der Waals surface area contributed by atoms with Crippen molar-refractivity contribution in [3.8, 4) is 21.7 Å². The van der Waals surface area contributed by atoms with Crippen LogP contribution < -0.4 is 11.5 Å². The van der Waals surface area contributed by atoms with Gasteiger partial charge in [0.2, 0.25) is 0 Å². The highest BCUT2D eigenvalue weighted by Gasteiger charge is 2.11. The number of aromatic nitrogens is 1. The van der Waals surface area contributed by atoms with Crippen molar-refractivity contribution in [2.75, 3.05) is 11.5 Å². The Balaban J connectivity index is 2.12. The second-order valence-corrected chi connectivity index (χ2v) is 5.12. The van der Waals surface area contributed by atoms with Crippen LogP contribution in [0.3, 0.4) is 0 Å². The van der Waals surface area contributed by atoms with Crippen molar-refractivity contribution in [2.45, 2.75) is 0 Å². The summed E-state index contributed by atoms with van der Waals surface area (Å²) < 4.78 is 0. The van der Waals surface area contributed by atoms with Crippen molar-refractivity contribution in [3.63, 3.8) is 0 Å². The number of nitrogen functional groups attached to an aromatic ring is 2. The predicted molar refractivity (Wildman–Crippen MR) is 81.8 cm³/mol. The third kappa shape index (κ3) is 2.18. The van der Waals surface area contributed by atoms with Crippen LogP contribution in [0.5, 0.6) is 0 Å². The van der Waals surface area contributed by atoms with Gasteiger partial charge in [0, 0.05) is 5.56 Å². The molecule has 94 valence electrons. The molecule has 0 bridgehead atoms. The molecule has 0 saturated heterocycles. The van der Waals surface area contributed by atoms with E-state index in [4.69, 9.17) is 11.5 Å². The van der Waals surface area contributed by atoms with E-state index in [-0.39, 0.29) is 0 Å². The van der Waals surface area contributed by atoms with Crippen LogP contribution in [0.15, 0.2) is 53.9 Å². The van der Waals surface area contributed by atoms with Crippen LogP contribution in [-0.2, 0) is 0 Å². The molecule has 0 fully saturated rings. The first-order valence-electron chi connectivity index (χ1n) is 5.91. The summed E-state index contributed by atoms with van der Waals surface area (Å²) in [5.41, 5.74) is 15.2. The Bertz CT molecular complexity index is 704. The second kappa shape index (κ2) is 4.74. The molecule has 0 amide bonds. The summed E-state index contributed by atoms with van der Waals surface area (Å²) in [6.45, 7) is 0. The Labute approximate surface area is 115 Å². The Morgan fingerprint density at radius 3 is 2.42 bits per heavy atom. The molecule has 3 aromatic rings. The van der Waals surface area contributed by atoms with Crippen LogP contribution in [0.4, 0.5) is 11.5 Å². The summed E-state index contributed by atoms with van der Waals surface area (Å²) in [6, 6.07) is 16.1. The van der Waals surface area contributed by atoms with Gasteiger partial charge >= 0.3 is 0 Å². The highest BCUT2D eigenvalue weighted by molar-refractivity contribution is 7.14. The van der Waals surface area contributed by atoms with E-state index in [2.05, 4.69) is 28.6 Å². The molecular weight excluding hydrogens is 254 g/mol. The maximum atomic E-state index is 5.78. The molecule has 0 aliphatic carbocycles. The normalized spacial score (nSPS) is 10.5. The zero-order chi connectivity index (χ0) is 13.2. The maximum absolute atomic E-state index is 5.78. The number of thiophene rings is 1. The SMILES string of the molecule is Nc1ccc(-c2sccc2-c2ccccc2)nc1N. The van der Waals surface area contributed by atoms with Gasteiger partial charge in [-0.25, -0.2) is 4.98 Å². The zero-order valence-electron chi connectivity index (χ0n) is 10.2. The van der Waals surface area contributed by atoms with Gasteiger partial charge in [-0.1, -0.05) is 30.3 Å². The van der Waals surface area contributed by atoms with Crippen LogP contribution in [0, 0.1) is 0 Å². The van der Waals surface area contributed by atoms with Crippen LogP contribution in [0.25, 0.3) is 21.7 Å². The number of nitrogens with two attached hydrogens (primary N) is 2. The number of benzene rings is 1. The van der Waals surface area contributed by atoms with Crippen LogP contribution in [0.1, 0.15) is 0 Å². The standard InChI is InChI=1S/C15H13N3S/c16-12-6-7-13(18-15(12)17)14-11(8-9-19-14)10-4-2-1-3-5-10/h1-9H,16H2,(H2,17,18). The molecule has 0 spiro atoms. The third-order valence-electron chi connectivity index (χ3n) is 2.94. The molecule has 1 aromatic carbocycles. The average molecular weight is 267 g/mol. The molecule has 0 atom stereocenters. The maximum Gasteiger partial charge on any atom is 0.147 e. The smallest absolute Gasteiger partial charge is 0.147 e. The molecule has 19 heavy (non-hydrogen) atoms. The molecule has 0 unspecified atom stereocenters. The van der Waals surface area contributed by atoms with E-state index < -0.39 is 0 Å². The fourth-order valence-corrected chi connectivity index (χ4v) is 2.85. The molecule has 4 N–H and O–H groups in total. The molecule has 0 aliphatic rings. The van der Waals surface area contributed by atoms with Crippen LogP contribution in [-0.4, -0.2) is 4.98 Å². The van der Waals surface area contributed by atoms with Crippen molar-refractivity contribution in [1.82, 2.24) is 4.98 Å². The van der Waals surface area contributed by atoms with Gasteiger partial charge in [0.15, 0.2) is 0 Å². The molecule has 3 rings (SSSR count). The summed E-state index contributed by atoms with van der Waals surface area (Å²) in [4.78, 5) is 5.47. The van der Waals surface area contributed by atoms with E-state index in [1.54, 1.807) is 17.4 Å². The number of hydrogen-bond acceptors (Lipinski definition) is 4. The van der Waals surface area contributed by atoms with Gasteiger partial charge in [-0.3, -0.25) is 0 Å². The van der Waals surface area contributed by atoms with Gasteiger partial charge in [-0.2, -0.15) is 0 Å². The molecule has 4 heteroatoms. The zero-order valence-corrected chi connectivity index (χ0v) is 11.0.